The highest BCUT2D eigenvalue weighted by Gasteiger charge is 2.25. The lowest BCUT2D eigenvalue weighted by Crippen LogP contribution is -2.43. The molecule has 0 spiro atoms. The fourth-order valence-corrected chi connectivity index (χ4v) is 4.37. The van der Waals surface area contributed by atoms with Gasteiger partial charge in [0.2, 0.25) is 5.96 Å². The molecule has 0 bridgehead atoms. The fraction of sp³-hybridized carbons (Fsp3) is 0.444. The van der Waals surface area contributed by atoms with Crippen LogP contribution in [0.2, 0.25) is 0 Å². The summed E-state index contributed by atoms with van der Waals surface area (Å²) in [6.45, 7) is 9.08. The smallest absolute Gasteiger partial charge is 0.324 e. The van der Waals surface area contributed by atoms with E-state index in [0.29, 0.717) is 69.0 Å². The molecule has 0 aromatic heterocycles. The van der Waals surface area contributed by atoms with Crippen molar-refractivity contribution in [3.63, 3.8) is 0 Å². The van der Waals surface area contributed by atoms with Crippen LogP contribution >= 0.6 is 0 Å². The van der Waals surface area contributed by atoms with Crippen LogP contribution in [0.3, 0.4) is 0 Å². The number of urea groups is 1. The molecule has 1 saturated heterocycles. The van der Waals surface area contributed by atoms with Crippen LogP contribution in [0.5, 0.6) is 11.5 Å². The van der Waals surface area contributed by atoms with Crippen LogP contribution in [0.25, 0.3) is 0 Å². The molecule has 1 aromatic carbocycles. The number of morpholine rings is 1. The average molecular weight is 494 g/mol. The predicted octanol–water partition coefficient (Wildman–Crippen LogP) is 4.16. The lowest BCUT2D eigenvalue weighted by atomic mass is 10.0. The molecule has 2 amide bonds. The lowest BCUT2D eigenvalue weighted by molar-refractivity contribution is 0.0676. The number of ether oxygens (including phenoxy) is 3. The Kier molecular flexibility index (Phi) is 8.43. The average Bonchev–Trinajstić information content (AvgIpc) is 3.22. The van der Waals surface area contributed by atoms with Gasteiger partial charge >= 0.3 is 6.03 Å². The molecule has 0 radical (unpaired) electrons. The number of aliphatic imine (C=N–C) groups is 2. The number of hydrogen-bond acceptors (Lipinski definition) is 7. The van der Waals surface area contributed by atoms with Crippen molar-refractivity contribution in [2.45, 2.75) is 40.0 Å². The monoisotopic (exact) mass is 493 g/mol. The number of carbonyl (C=O) groups excluding carboxylic acids is 1. The van der Waals surface area contributed by atoms with E-state index in [-0.39, 0.29) is 6.03 Å². The van der Waals surface area contributed by atoms with Gasteiger partial charge in [-0.1, -0.05) is 25.2 Å². The van der Waals surface area contributed by atoms with E-state index in [4.69, 9.17) is 24.2 Å². The molecule has 9 nitrogen and oxygen atoms in total. The molecule has 0 unspecified atom stereocenters. The SMILES string of the molecule is CCOc1c(OC)cc2c(c1C)N=C(N1CCOCC1)N=C(NC(=O)NC1=CC(CC)=CC=CC1)C2. The predicted molar refractivity (Wildman–Crippen MR) is 141 cm³/mol. The molecule has 36 heavy (non-hydrogen) atoms. The van der Waals surface area contributed by atoms with Crippen LogP contribution < -0.4 is 20.1 Å². The number of benzene rings is 1. The summed E-state index contributed by atoms with van der Waals surface area (Å²) in [4.78, 5) is 24.9. The summed E-state index contributed by atoms with van der Waals surface area (Å²) in [6.07, 6.45) is 10.1. The van der Waals surface area contributed by atoms with Gasteiger partial charge in [0.1, 0.15) is 5.84 Å². The molecule has 1 aromatic rings. The summed E-state index contributed by atoms with van der Waals surface area (Å²) in [5, 5.41) is 5.96. The number of guanidine groups is 1. The maximum absolute atomic E-state index is 13.0. The van der Waals surface area contributed by atoms with E-state index < -0.39 is 0 Å². The van der Waals surface area contributed by atoms with E-state index in [9.17, 15) is 4.79 Å². The molecule has 9 heteroatoms. The van der Waals surface area contributed by atoms with Crippen LogP contribution in [0.1, 0.15) is 37.8 Å². The third-order valence-electron chi connectivity index (χ3n) is 6.22. The lowest BCUT2D eigenvalue weighted by Gasteiger charge is -2.27. The highest BCUT2D eigenvalue weighted by Crippen LogP contribution is 2.41. The number of rotatable bonds is 5. The number of nitrogens with zero attached hydrogens (tertiary/aromatic N) is 3. The quantitative estimate of drug-likeness (QED) is 0.642. The molecule has 4 rings (SSSR count). The van der Waals surface area contributed by atoms with Crippen molar-refractivity contribution in [3.05, 3.63) is 52.8 Å². The van der Waals surface area contributed by atoms with Crippen molar-refractivity contribution < 1.29 is 19.0 Å². The third kappa shape index (κ3) is 5.96. The van der Waals surface area contributed by atoms with Gasteiger partial charge in [0, 0.05) is 37.2 Å². The van der Waals surface area contributed by atoms with Gasteiger partial charge in [0.05, 0.1) is 32.6 Å². The fourth-order valence-electron chi connectivity index (χ4n) is 4.37. The van der Waals surface area contributed by atoms with Crippen LogP contribution in [-0.2, 0) is 11.2 Å². The summed E-state index contributed by atoms with van der Waals surface area (Å²) >= 11 is 0. The molecule has 192 valence electrons. The summed E-state index contributed by atoms with van der Waals surface area (Å²) in [7, 11) is 1.62. The van der Waals surface area contributed by atoms with Gasteiger partial charge in [0.15, 0.2) is 11.5 Å². The Morgan fingerprint density at radius 1 is 1.19 bits per heavy atom. The molecular formula is C27H35N5O4. The van der Waals surface area contributed by atoms with E-state index in [2.05, 4.69) is 28.5 Å². The highest BCUT2D eigenvalue weighted by molar-refractivity contribution is 6.06. The number of fused-ring (bicyclic) bond motifs is 1. The largest absolute Gasteiger partial charge is 0.493 e. The molecule has 1 aliphatic carbocycles. The maximum Gasteiger partial charge on any atom is 0.324 e. The molecular weight excluding hydrogens is 458 g/mol. The minimum atomic E-state index is -0.329. The van der Waals surface area contributed by atoms with Crippen LogP contribution in [0, 0.1) is 6.92 Å². The number of allylic oxidation sites excluding steroid dienone is 5. The minimum Gasteiger partial charge on any atom is -0.493 e. The number of methoxy groups -OCH3 is 1. The standard InChI is InChI=1S/C27H35N5O4/c1-5-19-9-7-8-10-21(15-19)28-27(33)30-23-17-20-16-22(34-4)25(36-6-2)18(3)24(20)31-26(29-23)32-11-13-35-14-12-32/h7-9,15-16H,5-6,10-14,17H2,1-4H3,(H2,28,29,30,31,33). The Morgan fingerprint density at radius 3 is 2.72 bits per heavy atom. The van der Waals surface area contributed by atoms with E-state index in [1.54, 1.807) is 7.11 Å². The van der Waals surface area contributed by atoms with Crippen LogP contribution in [0.15, 0.2) is 51.6 Å². The van der Waals surface area contributed by atoms with E-state index in [1.807, 2.05) is 38.1 Å². The van der Waals surface area contributed by atoms with Gasteiger partial charge in [-0.15, -0.1) is 0 Å². The van der Waals surface area contributed by atoms with Gasteiger partial charge < -0.3 is 24.4 Å². The molecule has 0 saturated carbocycles. The Hall–Kier alpha value is -3.59. The number of nitrogens with one attached hydrogen (secondary N) is 2. The normalized spacial score (nSPS) is 17.5. The number of amidine groups is 1. The Balaban J connectivity index is 1.65. The topological polar surface area (TPSA) is 96.8 Å². The molecule has 1 fully saturated rings. The second-order valence-corrected chi connectivity index (χ2v) is 8.70. The van der Waals surface area contributed by atoms with Crippen molar-refractivity contribution in [1.82, 2.24) is 15.5 Å². The van der Waals surface area contributed by atoms with E-state index in [1.165, 1.54) is 0 Å². The number of hydrogen-bond donors (Lipinski definition) is 2. The first kappa shape index (κ1) is 25.5. The number of amides is 2. The molecule has 3 aliphatic rings. The first-order chi connectivity index (χ1) is 17.5. The van der Waals surface area contributed by atoms with Gasteiger partial charge in [0.25, 0.3) is 0 Å². The van der Waals surface area contributed by atoms with E-state index in [0.717, 1.165) is 34.5 Å². The van der Waals surface area contributed by atoms with Gasteiger partial charge in [-0.3, -0.25) is 5.32 Å². The molecule has 2 N–H and O–H groups in total. The molecule has 0 atom stereocenters. The zero-order chi connectivity index (χ0) is 25.5. The third-order valence-corrected chi connectivity index (χ3v) is 6.22. The summed E-state index contributed by atoms with van der Waals surface area (Å²) in [5.41, 5.74) is 4.57. The Morgan fingerprint density at radius 2 is 2.00 bits per heavy atom. The van der Waals surface area contributed by atoms with Gasteiger partial charge in [-0.2, -0.15) is 4.99 Å². The van der Waals surface area contributed by atoms with Crippen LogP contribution in [0.4, 0.5) is 10.5 Å². The second kappa shape index (κ2) is 11.9. The van der Waals surface area contributed by atoms with Crippen molar-refractivity contribution in [2.75, 3.05) is 40.0 Å². The minimum absolute atomic E-state index is 0.329. The van der Waals surface area contributed by atoms with Crippen molar-refractivity contribution in [3.8, 4) is 11.5 Å². The van der Waals surface area contributed by atoms with Gasteiger partial charge in [-0.25, -0.2) is 9.79 Å². The maximum atomic E-state index is 13.0. The summed E-state index contributed by atoms with van der Waals surface area (Å²) in [6, 6.07) is 1.59. The zero-order valence-corrected chi connectivity index (χ0v) is 21.5. The van der Waals surface area contributed by atoms with E-state index >= 15 is 0 Å². The second-order valence-electron chi connectivity index (χ2n) is 8.70. The number of carbonyl (C=O) groups is 1. The molecule has 2 aliphatic heterocycles. The Bertz CT molecular complexity index is 1140. The summed E-state index contributed by atoms with van der Waals surface area (Å²) < 4.78 is 17.0. The molecule has 2 heterocycles. The zero-order valence-electron chi connectivity index (χ0n) is 21.5. The van der Waals surface area contributed by atoms with Crippen molar-refractivity contribution >= 4 is 23.5 Å². The summed E-state index contributed by atoms with van der Waals surface area (Å²) in [5.74, 6) is 2.37. The Labute approximate surface area is 212 Å². The van der Waals surface area contributed by atoms with Crippen molar-refractivity contribution in [2.24, 2.45) is 9.98 Å². The van der Waals surface area contributed by atoms with Crippen LogP contribution in [-0.4, -0.2) is 62.7 Å². The van der Waals surface area contributed by atoms with Crippen molar-refractivity contribution in [1.29, 1.82) is 0 Å². The first-order valence-corrected chi connectivity index (χ1v) is 12.5. The first-order valence-electron chi connectivity index (χ1n) is 12.5. The highest BCUT2D eigenvalue weighted by atomic mass is 16.5. The van der Waals surface area contributed by atoms with Gasteiger partial charge in [-0.05, 0) is 43.5 Å².